The van der Waals surface area contributed by atoms with Gasteiger partial charge in [-0.1, -0.05) is 13.8 Å². The molecular weight excluding hydrogens is 156 g/mol. The lowest BCUT2D eigenvalue weighted by Crippen LogP contribution is -2.17. The van der Waals surface area contributed by atoms with Gasteiger partial charge in [-0.15, -0.1) is 0 Å². The second-order valence-electron chi connectivity index (χ2n) is 3.29. The Labute approximate surface area is 70.7 Å². The summed E-state index contributed by atoms with van der Waals surface area (Å²) in [6, 6.07) is -0.205. The van der Waals surface area contributed by atoms with Gasteiger partial charge in [-0.3, -0.25) is 4.79 Å². The van der Waals surface area contributed by atoms with E-state index in [-0.39, 0.29) is 17.5 Å². The van der Waals surface area contributed by atoms with Crippen molar-refractivity contribution in [3.05, 3.63) is 21.7 Å². The Hall–Kier alpha value is -1.03. The highest BCUT2D eigenvalue weighted by Crippen LogP contribution is 2.19. The summed E-state index contributed by atoms with van der Waals surface area (Å²) in [5.41, 5.74) is 6.19. The van der Waals surface area contributed by atoms with Gasteiger partial charge < -0.3 is 10.3 Å². The van der Waals surface area contributed by atoms with E-state index in [1.807, 2.05) is 13.8 Å². The van der Waals surface area contributed by atoms with Gasteiger partial charge in [0.25, 0.3) is 5.56 Å². The van der Waals surface area contributed by atoms with Crippen molar-refractivity contribution in [2.75, 3.05) is 0 Å². The SMILES string of the molecule is Cc1c(C(N)C(C)C)o[nH]c1=O. The fourth-order valence-electron chi connectivity index (χ4n) is 0.987. The molecule has 0 saturated heterocycles. The number of aromatic nitrogens is 1. The average molecular weight is 170 g/mol. The number of rotatable bonds is 2. The van der Waals surface area contributed by atoms with Crippen LogP contribution < -0.4 is 11.3 Å². The van der Waals surface area contributed by atoms with Crippen LogP contribution in [0, 0.1) is 12.8 Å². The Kier molecular flexibility index (Phi) is 2.38. The Morgan fingerprint density at radius 1 is 1.50 bits per heavy atom. The first kappa shape index (κ1) is 9.06. The lowest BCUT2D eigenvalue weighted by Gasteiger charge is -2.11. The minimum absolute atomic E-state index is 0.193. The molecule has 1 atom stereocenters. The van der Waals surface area contributed by atoms with Crippen LogP contribution in [0.4, 0.5) is 0 Å². The first-order chi connectivity index (χ1) is 5.54. The van der Waals surface area contributed by atoms with Gasteiger partial charge in [-0.2, -0.15) is 5.16 Å². The van der Waals surface area contributed by atoms with Crippen molar-refractivity contribution >= 4 is 0 Å². The molecule has 0 bridgehead atoms. The van der Waals surface area contributed by atoms with Gasteiger partial charge in [-0.05, 0) is 12.8 Å². The van der Waals surface area contributed by atoms with Gasteiger partial charge in [0.15, 0.2) is 5.76 Å². The fourth-order valence-corrected chi connectivity index (χ4v) is 0.987. The second kappa shape index (κ2) is 3.15. The molecule has 0 aliphatic rings. The quantitative estimate of drug-likeness (QED) is 0.693. The number of nitrogens with one attached hydrogen (secondary N) is 1. The molecule has 3 N–H and O–H groups in total. The van der Waals surface area contributed by atoms with E-state index in [4.69, 9.17) is 10.3 Å². The Bertz CT molecular complexity index is 311. The second-order valence-corrected chi connectivity index (χ2v) is 3.29. The van der Waals surface area contributed by atoms with E-state index in [9.17, 15) is 4.79 Å². The summed E-state index contributed by atoms with van der Waals surface area (Å²) in [6.45, 7) is 5.67. The number of hydrogen-bond donors (Lipinski definition) is 2. The molecule has 4 nitrogen and oxygen atoms in total. The minimum atomic E-state index is -0.205. The van der Waals surface area contributed by atoms with E-state index in [2.05, 4.69) is 5.16 Å². The van der Waals surface area contributed by atoms with Crippen molar-refractivity contribution in [2.24, 2.45) is 11.7 Å². The van der Waals surface area contributed by atoms with Crippen LogP contribution in [0.3, 0.4) is 0 Å². The van der Waals surface area contributed by atoms with E-state index in [1.165, 1.54) is 0 Å². The van der Waals surface area contributed by atoms with Crippen LogP contribution in [0.5, 0.6) is 0 Å². The van der Waals surface area contributed by atoms with E-state index in [0.717, 1.165) is 0 Å². The van der Waals surface area contributed by atoms with Gasteiger partial charge in [0.05, 0.1) is 11.6 Å². The Balaban J connectivity index is 3.03. The summed E-state index contributed by atoms with van der Waals surface area (Å²) in [4.78, 5) is 11.0. The fraction of sp³-hybridized carbons (Fsp3) is 0.625. The molecular formula is C8H14N2O2. The van der Waals surface area contributed by atoms with E-state index in [0.29, 0.717) is 11.3 Å². The molecule has 0 aliphatic carbocycles. The van der Waals surface area contributed by atoms with E-state index < -0.39 is 0 Å². The molecule has 1 unspecified atom stereocenters. The average Bonchev–Trinajstić information content (AvgIpc) is 2.32. The first-order valence-electron chi connectivity index (χ1n) is 3.97. The highest BCUT2D eigenvalue weighted by molar-refractivity contribution is 5.15. The highest BCUT2D eigenvalue weighted by atomic mass is 16.5. The molecule has 0 spiro atoms. The molecule has 0 radical (unpaired) electrons. The summed E-state index contributed by atoms with van der Waals surface area (Å²) in [5.74, 6) is 0.831. The van der Waals surface area contributed by atoms with Crippen LogP contribution >= 0.6 is 0 Å². The lowest BCUT2D eigenvalue weighted by molar-refractivity contribution is 0.328. The molecule has 1 heterocycles. The van der Waals surface area contributed by atoms with Crippen molar-refractivity contribution < 1.29 is 4.52 Å². The summed E-state index contributed by atoms with van der Waals surface area (Å²) in [5, 5.41) is 2.26. The molecule has 0 fully saturated rings. The van der Waals surface area contributed by atoms with E-state index >= 15 is 0 Å². The third kappa shape index (κ3) is 1.43. The van der Waals surface area contributed by atoms with Crippen LogP contribution in [-0.4, -0.2) is 5.16 Å². The van der Waals surface area contributed by atoms with Gasteiger partial charge in [0.1, 0.15) is 0 Å². The predicted molar refractivity (Wildman–Crippen MR) is 45.8 cm³/mol. The number of H-pyrrole nitrogens is 1. The van der Waals surface area contributed by atoms with Crippen molar-refractivity contribution in [1.82, 2.24) is 5.16 Å². The van der Waals surface area contributed by atoms with Crippen LogP contribution in [0.1, 0.15) is 31.2 Å². The van der Waals surface area contributed by atoms with Crippen molar-refractivity contribution in [1.29, 1.82) is 0 Å². The van der Waals surface area contributed by atoms with Crippen molar-refractivity contribution in [3.8, 4) is 0 Å². The Morgan fingerprint density at radius 3 is 2.42 bits per heavy atom. The first-order valence-corrected chi connectivity index (χ1v) is 3.97. The number of aromatic amines is 1. The maximum atomic E-state index is 11.0. The molecule has 1 aromatic rings. The summed E-state index contributed by atoms with van der Waals surface area (Å²) >= 11 is 0. The zero-order valence-electron chi connectivity index (χ0n) is 7.55. The molecule has 0 saturated carbocycles. The van der Waals surface area contributed by atoms with Crippen molar-refractivity contribution in [2.45, 2.75) is 26.8 Å². The standard InChI is InChI=1S/C8H14N2O2/c1-4(2)6(9)7-5(3)8(11)10-12-7/h4,6H,9H2,1-3H3,(H,10,11). The monoisotopic (exact) mass is 170 g/mol. The molecule has 0 aliphatic heterocycles. The van der Waals surface area contributed by atoms with E-state index in [1.54, 1.807) is 6.92 Å². The minimum Gasteiger partial charge on any atom is -0.382 e. The smallest absolute Gasteiger partial charge is 0.283 e. The molecule has 1 aromatic heterocycles. The highest BCUT2D eigenvalue weighted by Gasteiger charge is 2.18. The molecule has 0 aromatic carbocycles. The third-order valence-corrected chi connectivity index (χ3v) is 1.98. The zero-order chi connectivity index (χ0) is 9.30. The van der Waals surface area contributed by atoms with Crippen LogP contribution in [-0.2, 0) is 0 Å². The van der Waals surface area contributed by atoms with Gasteiger partial charge in [-0.25, -0.2) is 0 Å². The predicted octanol–water partition coefficient (Wildman–Crippen LogP) is 0.932. The largest absolute Gasteiger partial charge is 0.382 e. The normalized spacial score (nSPS) is 13.8. The van der Waals surface area contributed by atoms with Crippen LogP contribution in [0.25, 0.3) is 0 Å². The number of nitrogens with two attached hydrogens (primary N) is 1. The van der Waals surface area contributed by atoms with Gasteiger partial charge in [0, 0.05) is 0 Å². The van der Waals surface area contributed by atoms with Gasteiger partial charge >= 0.3 is 0 Å². The van der Waals surface area contributed by atoms with Crippen molar-refractivity contribution in [3.63, 3.8) is 0 Å². The molecule has 68 valence electrons. The van der Waals surface area contributed by atoms with Gasteiger partial charge in [0.2, 0.25) is 0 Å². The molecule has 12 heavy (non-hydrogen) atoms. The molecule has 1 rings (SSSR count). The Morgan fingerprint density at radius 2 is 2.08 bits per heavy atom. The van der Waals surface area contributed by atoms with Crippen LogP contribution in [0.2, 0.25) is 0 Å². The topological polar surface area (TPSA) is 72.0 Å². The lowest BCUT2D eigenvalue weighted by atomic mass is 10.0. The van der Waals surface area contributed by atoms with Crippen LogP contribution in [0.15, 0.2) is 9.32 Å². The molecule has 4 heteroatoms. The molecule has 0 amide bonds. The maximum absolute atomic E-state index is 11.0. The number of hydrogen-bond acceptors (Lipinski definition) is 3. The summed E-state index contributed by atoms with van der Waals surface area (Å²) in [6.07, 6.45) is 0. The third-order valence-electron chi connectivity index (χ3n) is 1.98. The summed E-state index contributed by atoms with van der Waals surface area (Å²) in [7, 11) is 0. The maximum Gasteiger partial charge on any atom is 0.283 e. The summed E-state index contributed by atoms with van der Waals surface area (Å²) < 4.78 is 4.96. The zero-order valence-corrected chi connectivity index (χ0v) is 7.55.